The van der Waals surface area contributed by atoms with Gasteiger partial charge in [-0.05, 0) is 31.4 Å². The average molecular weight is 324 g/mol. The highest BCUT2D eigenvalue weighted by atomic mass is 32.2. The van der Waals surface area contributed by atoms with Crippen molar-refractivity contribution in [2.24, 2.45) is 5.41 Å². The Balaban J connectivity index is 2.38. The van der Waals surface area contributed by atoms with Gasteiger partial charge in [0.15, 0.2) is 9.84 Å². The topological polar surface area (TPSA) is 67.3 Å². The lowest BCUT2D eigenvalue weighted by atomic mass is 9.86. The highest BCUT2D eigenvalue weighted by Crippen LogP contribution is 2.30. The van der Waals surface area contributed by atoms with E-state index in [9.17, 15) is 13.2 Å². The van der Waals surface area contributed by atoms with Gasteiger partial charge in [0.25, 0.3) is 5.91 Å². The molecule has 0 saturated carbocycles. The van der Waals surface area contributed by atoms with E-state index < -0.39 is 9.84 Å². The molecular formula is C16H24N2O3S. The number of carbonyl (C=O) groups excluding carboxylic acids is 1. The SMILES string of the molecule is Cc1cc(C(=O)N2CCS(=O)(=O)CC2C(C)(C)C)cc(C)n1. The summed E-state index contributed by atoms with van der Waals surface area (Å²) in [7, 11) is -3.09. The number of nitrogens with zero attached hydrogens (tertiary/aromatic N) is 2. The van der Waals surface area contributed by atoms with E-state index in [0.717, 1.165) is 11.4 Å². The molecular weight excluding hydrogens is 300 g/mol. The Kier molecular flexibility index (Phi) is 4.35. The summed E-state index contributed by atoms with van der Waals surface area (Å²) in [5.74, 6) is -0.0388. The zero-order valence-corrected chi connectivity index (χ0v) is 14.7. The normalized spacial score (nSPS) is 21.7. The molecule has 1 aliphatic heterocycles. The van der Waals surface area contributed by atoms with E-state index in [0.29, 0.717) is 5.56 Å². The Hall–Kier alpha value is -1.43. The van der Waals surface area contributed by atoms with Crippen molar-refractivity contribution in [2.75, 3.05) is 18.1 Å². The number of hydrogen-bond donors (Lipinski definition) is 0. The second kappa shape index (κ2) is 5.65. The third kappa shape index (κ3) is 3.66. The molecule has 0 aliphatic carbocycles. The third-order valence-corrected chi connectivity index (χ3v) is 5.65. The van der Waals surface area contributed by atoms with Crippen LogP contribution in [0, 0.1) is 19.3 Å². The van der Waals surface area contributed by atoms with Gasteiger partial charge in [-0.15, -0.1) is 0 Å². The van der Waals surface area contributed by atoms with Crippen molar-refractivity contribution < 1.29 is 13.2 Å². The van der Waals surface area contributed by atoms with Gasteiger partial charge in [0, 0.05) is 23.5 Å². The summed E-state index contributed by atoms with van der Waals surface area (Å²) in [5.41, 5.74) is 1.87. The quantitative estimate of drug-likeness (QED) is 0.792. The molecule has 1 saturated heterocycles. The van der Waals surface area contributed by atoms with Crippen LogP contribution < -0.4 is 0 Å². The maximum Gasteiger partial charge on any atom is 0.254 e. The van der Waals surface area contributed by atoms with Crippen LogP contribution in [0.3, 0.4) is 0 Å². The first-order valence-corrected chi connectivity index (χ1v) is 9.28. The largest absolute Gasteiger partial charge is 0.333 e. The van der Waals surface area contributed by atoms with E-state index in [1.54, 1.807) is 17.0 Å². The minimum atomic E-state index is -3.09. The number of hydrogen-bond acceptors (Lipinski definition) is 4. The Morgan fingerprint density at radius 1 is 1.23 bits per heavy atom. The summed E-state index contributed by atoms with van der Waals surface area (Å²) in [6.07, 6.45) is 0. The maximum atomic E-state index is 12.9. The molecule has 1 aliphatic rings. The molecule has 6 heteroatoms. The van der Waals surface area contributed by atoms with E-state index in [2.05, 4.69) is 4.98 Å². The Labute approximate surface area is 132 Å². The van der Waals surface area contributed by atoms with E-state index >= 15 is 0 Å². The van der Waals surface area contributed by atoms with E-state index in [1.807, 2.05) is 34.6 Å². The summed E-state index contributed by atoms with van der Waals surface area (Å²) in [6, 6.07) is 3.21. The van der Waals surface area contributed by atoms with Crippen LogP contribution in [0.5, 0.6) is 0 Å². The number of carbonyl (C=O) groups is 1. The molecule has 1 fully saturated rings. The fourth-order valence-corrected chi connectivity index (χ4v) is 4.69. The van der Waals surface area contributed by atoms with Crippen molar-refractivity contribution >= 4 is 15.7 Å². The number of pyridine rings is 1. The van der Waals surface area contributed by atoms with Crippen LogP contribution in [0.4, 0.5) is 0 Å². The molecule has 1 amide bonds. The molecule has 0 spiro atoms. The molecule has 5 nitrogen and oxygen atoms in total. The van der Waals surface area contributed by atoms with Crippen molar-refractivity contribution in [1.29, 1.82) is 0 Å². The van der Waals surface area contributed by atoms with E-state index in [1.165, 1.54) is 0 Å². The first kappa shape index (κ1) is 16.9. The van der Waals surface area contributed by atoms with Crippen molar-refractivity contribution in [2.45, 2.75) is 40.7 Å². The number of sulfone groups is 1. The molecule has 2 rings (SSSR count). The highest BCUT2D eigenvalue weighted by molar-refractivity contribution is 7.91. The van der Waals surface area contributed by atoms with Crippen molar-refractivity contribution in [3.8, 4) is 0 Å². The van der Waals surface area contributed by atoms with Crippen LogP contribution >= 0.6 is 0 Å². The predicted molar refractivity (Wildman–Crippen MR) is 86.6 cm³/mol. The average Bonchev–Trinajstić information content (AvgIpc) is 2.34. The van der Waals surface area contributed by atoms with Crippen LogP contribution in [-0.4, -0.2) is 48.3 Å². The Morgan fingerprint density at radius 2 is 1.77 bits per heavy atom. The first-order chi connectivity index (χ1) is 9.99. The fourth-order valence-electron chi connectivity index (χ4n) is 2.89. The lowest BCUT2D eigenvalue weighted by Crippen LogP contribution is -2.56. The molecule has 2 heterocycles. The molecule has 22 heavy (non-hydrogen) atoms. The van der Waals surface area contributed by atoms with E-state index in [-0.39, 0.29) is 35.4 Å². The Bertz CT molecular complexity index is 670. The minimum absolute atomic E-state index is 0.0330. The summed E-state index contributed by atoms with van der Waals surface area (Å²) >= 11 is 0. The number of aromatic nitrogens is 1. The first-order valence-electron chi connectivity index (χ1n) is 7.46. The van der Waals surface area contributed by atoms with Crippen molar-refractivity contribution in [1.82, 2.24) is 9.88 Å². The number of amides is 1. The lowest BCUT2D eigenvalue weighted by Gasteiger charge is -2.43. The number of aryl methyl sites for hydroxylation is 2. The monoisotopic (exact) mass is 324 g/mol. The Morgan fingerprint density at radius 3 is 2.27 bits per heavy atom. The van der Waals surface area contributed by atoms with E-state index in [4.69, 9.17) is 0 Å². The molecule has 0 radical (unpaired) electrons. The molecule has 1 aromatic rings. The van der Waals surface area contributed by atoms with Crippen molar-refractivity contribution in [3.63, 3.8) is 0 Å². The lowest BCUT2D eigenvalue weighted by molar-refractivity contribution is 0.0561. The standard InChI is InChI=1S/C16H24N2O3S/c1-11-8-13(9-12(2)17-11)15(19)18-6-7-22(20,21)10-14(18)16(3,4)5/h8-9,14H,6-7,10H2,1-5H3. The van der Waals surface area contributed by atoms with Gasteiger partial charge in [-0.3, -0.25) is 9.78 Å². The molecule has 1 unspecified atom stereocenters. The maximum absolute atomic E-state index is 12.9. The molecule has 0 aromatic carbocycles. The zero-order chi connectivity index (χ0) is 16.7. The van der Waals surface area contributed by atoms with Crippen LogP contribution in [0.15, 0.2) is 12.1 Å². The van der Waals surface area contributed by atoms with Crippen LogP contribution in [0.25, 0.3) is 0 Å². The minimum Gasteiger partial charge on any atom is -0.333 e. The molecule has 122 valence electrons. The highest BCUT2D eigenvalue weighted by Gasteiger charge is 2.40. The third-order valence-electron chi connectivity index (χ3n) is 4.02. The van der Waals surface area contributed by atoms with Gasteiger partial charge in [0.2, 0.25) is 0 Å². The summed E-state index contributed by atoms with van der Waals surface area (Å²) in [6.45, 7) is 9.88. The van der Waals surface area contributed by atoms with Crippen LogP contribution in [0.1, 0.15) is 42.5 Å². The molecule has 0 N–H and O–H groups in total. The van der Waals surface area contributed by atoms with Gasteiger partial charge >= 0.3 is 0 Å². The van der Waals surface area contributed by atoms with Gasteiger partial charge in [0.05, 0.1) is 17.5 Å². The van der Waals surface area contributed by atoms with Crippen molar-refractivity contribution in [3.05, 3.63) is 29.1 Å². The van der Waals surface area contributed by atoms with Gasteiger partial charge in [-0.1, -0.05) is 20.8 Å². The summed E-state index contributed by atoms with van der Waals surface area (Å²) in [4.78, 5) is 18.9. The van der Waals surface area contributed by atoms with Crippen LogP contribution in [-0.2, 0) is 9.84 Å². The molecule has 0 bridgehead atoms. The van der Waals surface area contributed by atoms with Gasteiger partial charge in [0.1, 0.15) is 0 Å². The van der Waals surface area contributed by atoms with Crippen LogP contribution in [0.2, 0.25) is 0 Å². The molecule has 1 aromatic heterocycles. The summed E-state index contributed by atoms with van der Waals surface area (Å²) < 4.78 is 23.9. The van der Waals surface area contributed by atoms with Gasteiger partial charge in [-0.25, -0.2) is 8.42 Å². The number of rotatable bonds is 1. The van der Waals surface area contributed by atoms with Gasteiger partial charge < -0.3 is 4.90 Å². The summed E-state index contributed by atoms with van der Waals surface area (Å²) in [5, 5.41) is 0. The predicted octanol–water partition coefficient (Wildman–Crippen LogP) is 1.98. The van der Waals surface area contributed by atoms with Gasteiger partial charge in [-0.2, -0.15) is 0 Å². The second-order valence-electron chi connectivity index (χ2n) is 7.13. The fraction of sp³-hybridized carbons (Fsp3) is 0.625. The molecule has 1 atom stereocenters. The smallest absolute Gasteiger partial charge is 0.254 e. The second-order valence-corrected chi connectivity index (χ2v) is 9.36. The zero-order valence-electron chi connectivity index (χ0n) is 13.9.